The molecule has 3 aromatic rings. The van der Waals surface area contributed by atoms with Crippen LogP contribution in [0.25, 0.3) is 11.3 Å². The minimum Gasteiger partial charge on any atom is -0.330 e. The van der Waals surface area contributed by atoms with Crippen LogP contribution < -0.4 is 0 Å². The van der Waals surface area contributed by atoms with E-state index in [1.165, 1.54) is 0 Å². The van der Waals surface area contributed by atoms with E-state index >= 15 is 0 Å². The van der Waals surface area contributed by atoms with Crippen molar-refractivity contribution in [3.63, 3.8) is 0 Å². The summed E-state index contributed by atoms with van der Waals surface area (Å²) < 4.78 is 44.4. The molecule has 0 bridgehead atoms. The van der Waals surface area contributed by atoms with Crippen LogP contribution in [0.15, 0.2) is 18.3 Å². The zero-order valence-electron chi connectivity index (χ0n) is 18.4. The van der Waals surface area contributed by atoms with E-state index in [4.69, 9.17) is 0 Å². The Hall–Kier alpha value is -3.10. The van der Waals surface area contributed by atoms with E-state index in [0.717, 1.165) is 36.2 Å². The third kappa shape index (κ3) is 3.05. The van der Waals surface area contributed by atoms with Gasteiger partial charge < -0.3 is 4.90 Å². The predicted octanol–water partition coefficient (Wildman–Crippen LogP) is 4.05. The van der Waals surface area contributed by atoms with Crippen LogP contribution in [0.3, 0.4) is 0 Å². The van der Waals surface area contributed by atoms with E-state index in [-0.39, 0.29) is 22.9 Å². The molecule has 9 heteroatoms. The highest BCUT2D eigenvalue weighted by atomic mass is 19.2. The van der Waals surface area contributed by atoms with Gasteiger partial charge in [-0.2, -0.15) is 10.2 Å². The topological polar surface area (TPSA) is 56.0 Å². The van der Waals surface area contributed by atoms with E-state index in [0.29, 0.717) is 29.9 Å². The summed E-state index contributed by atoms with van der Waals surface area (Å²) >= 11 is 0. The van der Waals surface area contributed by atoms with Gasteiger partial charge in [-0.05, 0) is 38.3 Å². The second-order valence-electron chi connectivity index (χ2n) is 9.14. The fourth-order valence-corrected chi connectivity index (χ4v) is 4.74. The lowest BCUT2D eigenvalue weighted by atomic mass is 9.94. The average Bonchev–Trinajstić information content (AvgIpc) is 3.20. The van der Waals surface area contributed by atoms with Crippen molar-refractivity contribution in [3.05, 3.63) is 58.3 Å². The molecule has 0 spiro atoms. The number of benzene rings is 1. The number of carbonyl (C=O) groups excluding carboxylic acids is 1. The molecule has 5 rings (SSSR count). The van der Waals surface area contributed by atoms with Gasteiger partial charge in [0, 0.05) is 43.4 Å². The van der Waals surface area contributed by atoms with Gasteiger partial charge in [0.1, 0.15) is 0 Å². The van der Waals surface area contributed by atoms with Crippen molar-refractivity contribution < 1.29 is 18.0 Å². The van der Waals surface area contributed by atoms with Crippen LogP contribution in [-0.4, -0.2) is 36.9 Å². The van der Waals surface area contributed by atoms with Crippen LogP contribution in [0, 0.1) is 17.5 Å². The van der Waals surface area contributed by atoms with Gasteiger partial charge in [0.15, 0.2) is 17.5 Å². The molecule has 1 saturated carbocycles. The zero-order valence-corrected chi connectivity index (χ0v) is 18.4. The van der Waals surface area contributed by atoms with Crippen molar-refractivity contribution in [2.24, 2.45) is 14.1 Å². The van der Waals surface area contributed by atoms with Crippen molar-refractivity contribution in [2.45, 2.75) is 44.6 Å². The highest BCUT2D eigenvalue weighted by Crippen LogP contribution is 2.48. The number of aryl methyl sites for hydroxylation is 2. The molecule has 32 heavy (non-hydrogen) atoms. The molecule has 6 nitrogen and oxygen atoms in total. The zero-order chi connectivity index (χ0) is 22.9. The van der Waals surface area contributed by atoms with E-state index in [9.17, 15) is 18.0 Å². The molecule has 168 valence electrons. The Kier molecular flexibility index (Phi) is 4.51. The van der Waals surface area contributed by atoms with Crippen molar-refractivity contribution in [1.29, 1.82) is 0 Å². The number of hydrogen-bond acceptors (Lipinski definition) is 3. The van der Waals surface area contributed by atoms with Crippen molar-refractivity contribution in [3.8, 4) is 11.3 Å². The Morgan fingerprint density at radius 3 is 2.41 bits per heavy atom. The largest absolute Gasteiger partial charge is 0.330 e. The van der Waals surface area contributed by atoms with Crippen LogP contribution in [0.1, 0.15) is 60.0 Å². The monoisotopic (exact) mass is 443 g/mol. The number of halogens is 3. The van der Waals surface area contributed by atoms with E-state index in [1.807, 2.05) is 14.0 Å². The Labute approximate surface area is 183 Å². The quantitative estimate of drug-likeness (QED) is 0.574. The van der Waals surface area contributed by atoms with E-state index in [2.05, 4.69) is 17.1 Å². The molecule has 1 fully saturated rings. The van der Waals surface area contributed by atoms with Gasteiger partial charge in [-0.3, -0.25) is 14.2 Å². The Morgan fingerprint density at radius 1 is 1.12 bits per heavy atom. The van der Waals surface area contributed by atoms with Crippen molar-refractivity contribution >= 4 is 5.91 Å². The fraction of sp³-hybridized carbons (Fsp3) is 0.435. The molecule has 2 aliphatic rings. The van der Waals surface area contributed by atoms with Crippen molar-refractivity contribution in [2.75, 3.05) is 6.54 Å². The molecule has 0 N–H and O–H groups in total. The van der Waals surface area contributed by atoms with Gasteiger partial charge in [0.25, 0.3) is 5.91 Å². The summed E-state index contributed by atoms with van der Waals surface area (Å²) in [5.74, 6) is -4.07. The summed E-state index contributed by atoms with van der Waals surface area (Å²) in [4.78, 5) is 15.3. The molecule has 0 radical (unpaired) electrons. The summed E-state index contributed by atoms with van der Waals surface area (Å²) in [5, 5.41) is 9.13. The maximum absolute atomic E-state index is 13.9. The Bertz CT molecular complexity index is 1230. The molecular weight excluding hydrogens is 419 g/mol. The van der Waals surface area contributed by atoms with Gasteiger partial charge in [-0.1, -0.05) is 6.92 Å². The molecule has 1 aromatic carbocycles. The third-order valence-electron chi connectivity index (χ3n) is 6.79. The van der Waals surface area contributed by atoms with Crippen LogP contribution in [0.2, 0.25) is 0 Å². The number of amides is 1. The van der Waals surface area contributed by atoms with Gasteiger partial charge >= 0.3 is 0 Å². The van der Waals surface area contributed by atoms with Crippen LogP contribution in [0.5, 0.6) is 0 Å². The molecular formula is C23H24F3N5O. The van der Waals surface area contributed by atoms with Crippen LogP contribution in [-0.2, 0) is 25.9 Å². The number of rotatable bonds is 3. The summed E-state index contributed by atoms with van der Waals surface area (Å²) in [5.41, 5.74) is 3.64. The molecule has 1 amide bonds. The molecule has 2 aromatic heterocycles. The summed E-state index contributed by atoms with van der Waals surface area (Å²) in [6, 6.07) is 1.63. The minimum atomic E-state index is -1.49. The first kappa shape index (κ1) is 20.8. The van der Waals surface area contributed by atoms with E-state index < -0.39 is 17.5 Å². The minimum absolute atomic E-state index is 0.0503. The molecule has 1 atom stereocenters. The summed E-state index contributed by atoms with van der Waals surface area (Å²) in [6.45, 7) is 4.45. The van der Waals surface area contributed by atoms with Crippen molar-refractivity contribution in [1.82, 2.24) is 24.5 Å². The highest BCUT2D eigenvalue weighted by Gasteiger charge is 2.45. The van der Waals surface area contributed by atoms with Crippen LogP contribution >= 0.6 is 0 Å². The number of hydrogen-bond donors (Lipinski definition) is 0. The van der Waals surface area contributed by atoms with Gasteiger partial charge in [0.05, 0.1) is 28.7 Å². The van der Waals surface area contributed by atoms with Gasteiger partial charge in [-0.25, -0.2) is 13.2 Å². The third-order valence-corrected chi connectivity index (χ3v) is 6.79. The molecule has 1 aliphatic heterocycles. The lowest BCUT2D eigenvalue weighted by molar-refractivity contribution is 0.0671. The molecule has 3 heterocycles. The van der Waals surface area contributed by atoms with Gasteiger partial charge in [-0.15, -0.1) is 0 Å². The first-order valence-electron chi connectivity index (χ1n) is 10.7. The number of carbonyl (C=O) groups is 1. The standard InChI is InChI=1S/C23H24F3N5O/c1-12-19-14(20(30(4)27-19)13-9-16(24)18(26)17(25)10-13)5-8-31(12)22(32)15-11-29(3)28-21(15)23(2)6-7-23/h9-12H,5-8H2,1-4H3/t12-/m0/s1. The molecule has 0 unspecified atom stereocenters. The number of aromatic nitrogens is 4. The lowest BCUT2D eigenvalue weighted by Crippen LogP contribution is -2.39. The Morgan fingerprint density at radius 2 is 1.78 bits per heavy atom. The summed E-state index contributed by atoms with van der Waals surface area (Å²) in [6.07, 6.45) is 4.27. The second-order valence-corrected chi connectivity index (χ2v) is 9.14. The summed E-state index contributed by atoms with van der Waals surface area (Å²) in [7, 11) is 3.49. The SMILES string of the molecule is C[C@H]1c2nn(C)c(-c3cc(F)c(F)c(F)c3)c2CCN1C(=O)c1cn(C)nc1C1(C)CC1. The van der Waals surface area contributed by atoms with Gasteiger partial charge in [0.2, 0.25) is 0 Å². The van der Waals surface area contributed by atoms with E-state index in [1.54, 1.807) is 27.5 Å². The maximum Gasteiger partial charge on any atom is 0.257 e. The first-order valence-corrected chi connectivity index (χ1v) is 10.7. The average molecular weight is 443 g/mol. The van der Waals surface area contributed by atoms with Crippen LogP contribution in [0.4, 0.5) is 13.2 Å². The normalized spacial score (nSPS) is 19.2. The predicted molar refractivity (Wildman–Crippen MR) is 111 cm³/mol. The number of fused-ring (bicyclic) bond motifs is 1. The Balaban J connectivity index is 1.51. The maximum atomic E-state index is 13.9. The first-order chi connectivity index (χ1) is 15.1. The fourth-order valence-electron chi connectivity index (χ4n) is 4.74. The lowest BCUT2D eigenvalue weighted by Gasteiger charge is -2.33. The smallest absolute Gasteiger partial charge is 0.257 e. The molecule has 1 aliphatic carbocycles. The number of nitrogens with zero attached hydrogens (tertiary/aromatic N) is 5. The second kappa shape index (κ2) is 6.95. The highest BCUT2D eigenvalue weighted by molar-refractivity contribution is 5.96. The molecule has 0 saturated heterocycles.